The lowest BCUT2D eigenvalue weighted by molar-refractivity contribution is 0.302. The Bertz CT molecular complexity index is 1040. The van der Waals surface area contributed by atoms with Gasteiger partial charge in [0.2, 0.25) is 0 Å². The van der Waals surface area contributed by atoms with Crippen molar-refractivity contribution >= 4 is 21.9 Å². The Kier molecular flexibility index (Phi) is 3.58. The van der Waals surface area contributed by atoms with E-state index in [1.165, 1.54) is 11.6 Å². The van der Waals surface area contributed by atoms with E-state index in [0.717, 1.165) is 10.8 Å². The fourth-order valence-corrected chi connectivity index (χ4v) is 2.85. The van der Waals surface area contributed by atoms with Crippen molar-refractivity contribution in [3.05, 3.63) is 76.8 Å². The molecule has 24 heavy (non-hydrogen) atoms. The van der Waals surface area contributed by atoms with Crippen molar-refractivity contribution in [2.24, 2.45) is 0 Å². The molecule has 0 aliphatic rings. The summed E-state index contributed by atoms with van der Waals surface area (Å²) in [4.78, 5) is 11.5. The number of hydrogen-bond donors (Lipinski definition) is 0. The van der Waals surface area contributed by atoms with Crippen LogP contribution >= 0.6 is 0 Å². The molecule has 0 amide bonds. The van der Waals surface area contributed by atoms with E-state index in [-0.39, 0.29) is 5.92 Å². The first kappa shape index (κ1) is 14.6. The molecule has 0 aliphatic carbocycles. The highest BCUT2D eigenvalue weighted by Gasteiger charge is 2.15. The second-order valence-corrected chi connectivity index (χ2v) is 5.83. The Hall–Kier alpha value is -3.01. The number of hydrogen-bond acceptors (Lipinski definition) is 4. The summed E-state index contributed by atoms with van der Waals surface area (Å²) in [5.74, 6) is 0.918. The molecular formula is C20H16O4. The molecular weight excluding hydrogens is 304 g/mol. The van der Waals surface area contributed by atoms with Gasteiger partial charge < -0.3 is 13.6 Å². The van der Waals surface area contributed by atoms with Gasteiger partial charge in [0.15, 0.2) is 0 Å². The molecule has 2 aromatic heterocycles. The molecule has 0 N–H and O–H groups in total. The maximum atomic E-state index is 11.5. The van der Waals surface area contributed by atoms with E-state index in [9.17, 15) is 4.79 Å². The fraction of sp³-hybridized carbons (Fsp3) is 0.150. The predicted molar refractivity (Wildman–Crippen MR) is 92.6 cm³/mol. The van der Waals surface area contributed by atoms with Crippen LogP contribution in [0.5, 0.6) is 5.75 Å². The van der Waals surface area contributed by atoms with Crippen LogP contribution in [0.25, 0.3) is 21.9 Å². The van der Waals surface area contributed by atoms with Crippen LogP contribution in [0.1, 0.15) is 18.4 Å². The lowest BCUT2D eigenvalue weighted by Crippen LogP contribution is -2.07. The predicted octanol–water partition coefficient (Wildman–Crippen LogP) is 4.72. The molecule has 0 bridgehead atoms. The molecule has 2 aromatic carbocycles. The van der Waals surface area contributed by atoms with E-state index in [2.05, 4.69) is 19.1 Å². The number of ether oxygens (including phenoxy) is 1. The van der Waals surface area contributed by atoms with Crippen LogP contribution in [0, 0.1) is 0 Å². The third kappa shape index (κ3) is 2.56. The molecule has 4 nitrogen and oxygen atoms in total. The van der Waals surface area contributed by atoms with E-state index in [4.69, 9.17) is 13.6 Å². The van der Waals surface area contributed by atoms with E-state index in [0.29, 0.717) is 23.5 Å². The van der Waals surface area contributed by atoms with Crippen molar-refractivity contribution in [2.45, 2.75) is 12.8 Å². The van der Waals surface area contributed by atoms with Gasteiger partial charge in [0.1, 0.15) is 16.9 Å². The Morgan fingerprint density at radius 3 is 2.62 bits per heavy atom. The molecule has 4 aromatic rings. The molecule has 0 aliphatic heterocycles. The van der Waals surface area contributed by atoms with E-state index < -0.39 is 5.63 Å². The lowest BCUT2D eigenvalue weighted by atomic mass is 10.0. The number of benzene rings is 2. The van der Waals surface area contributed by atoms with Gasteiger partial charge in [-0.1, -0.05) is 37.3 Å². The maximum Gasteiger partial charge on any atom is 0.336 e. The van der Waals surface area contributed by atoms with Crippen molar-refractivity contribution in [1.82, 2.24) is 0 Å². The van der Waals surface area contributed by atoms with Crippen LogP contribution in [0.2, 0.25) is 0 Å². The smallest absolute Gasteiger partial charge is 0.336 e. The van der Waals surface area contributed by atoms with Gasteiger partial charge in [-0.05, 0) is 17.7 Å². The quantitative estimate of drug-likeness (QED) is 0.510. The first-order valence-electron chi connectivity index (χ1n) is 7.84. The first-order chi connectivity index (χ1) is 11.7. The average Bonchev–Trinajstić information content (AvgIpc) is 3.07. The fourth-order valence-electron chi connectivity index (χ4n) is 2.85. The van der Waals surface area contributed by atoms with Crippen molar-refractivity contribution in [1.29, 1.82) is 0 Å². The highest BCUT2D eigenvalue weighted by molar-refractivity contribution is 6.01. The summed E-state index contributed by atoms with van der Waals surface area (Å²) < 4.78 is 16.9. The highest BCUT2D eigenvalue weighted by atomic mass is 16.5. The van der Waals surface area contributed by atoms with Crippen LogP contribution in [-0.2, 0) is 0 Å². The zero-order valence-corrected chi connectivity index (χ0v) is 13.2. The van der Waals surface area contributed by atoms with Gasteiger partial charge in [0.25, 0.3) is 0 Å². The summed E-state index contributed by atoms with van der Waals surface area (Å²) >= 11 is 0. The minimum absolute atomic E-state index is 0.235. The molecule has 1 atom stereocenters. The molecule has 0 radical (unpaired) electrons. The summed E-state index contributed by atoms with van der Waals surface area (Å²) in [6.07, 6.45) is 1.61. The standard InChI is InChI=1S/C20H16O4/c1-13(14-5-3-2-4-6-14)12-23-20-15-7-8-19(21)24-18(15)11-17-16(20)9-10-22-17/h2-11,13H,12H2,1H3/t13-/m1/s1. The third-order valence-corrected chi connectivity index (χ3v) is 4.15. The molecule has 4 rings (SSSR count). The molecule has 0 spiro atoms. The van der Waals surface area contributed by atoms with Crippen LogP contribution in [0.15, 0.2) is 74.5 Å². The zero-order valence-electron chi connectivity index (χ0n) is 13.2. The Morgan fingerprint density at radius 1 is 1.00 bits per heavy atom. The molecule has 0 unspecified atom stereocenters. The second kappa shape index (κ2) is 5.89. The van der Waals surface area contributed by atoms with Crippen molar-refractivity contribution in [2.75, 3.05) is 6.61 Å². The second-order valence-electron chi connectivity index (χ2n) is 5.83. The molecule has 0 fully saturated rings. The van der Waals surface area contributed by atoms with E-state index in [1.54, 1.807) is 18.4 Å². The van der Waals surface area contributed by atoms with Crippen LogP contribution in [-0.4, -0.2) is 6.61 Å². The minimum atomic E-state index is -0.392. The van der Waals surface area contributed by atoms with Crippen molar-refractivity contribution in [3.63, 3.8) is 0 Å². The molecule has 0 saturated heterocycles. The van der Waals surface area contributed by atoms with E-state index >= 15 is 0 Å². The Labute approximate surface area is 138 Å². The van der Waals surface area contributed by atoms with Gasteiger partial charge >= 0.3 is 5.63 Å². The third-order valence-electron chi connectivity index (χ3n) is 4.15. The van der Waals surface area contributed by atoms with Crippen LogP contribution in [0.4, 0.5) is 0 Å². The number of furan rings is 1. The summed E-state index contributed by atoms with van der Waals surface area (Å²) in [5.41, 5.74) is 1.93. The normalized spacial score (nSPS) is 12.5. The Morgan fingerprint density at radius 2 is 1.79 bits per heavy atom. The molecule has 120 valence electrons. The van der Waals surface area contributed by atoms with Gasteiger partial charge in [-0.2, -0.15) is 0 Å². The average molecular weight is 320 g/mol. The van der Waals surface area contributed by atoms with Crippen molar-refractivity contribution in [3.8, 4) is 5.75 Å². The van der Waals surface area contributed by atoms with Crippen LogP contribution in [0.3, 0.4) is 0 Å². The maximum absolute atomic E-state index is 11.5. The summed E-state index contributed by atoms with van der Waals surface area (Å²) in [5, 5.41) is 1.64. The highest BCUT2D eigenvalue weighted by Crippen LogP contribution is 2.35. The molecule has 2 heterocycles. The zero-order chi connectivity index (χ0) is 16.5. The van der Waals surface area contributed by atoms with Gasteiger partial charge in [-0.25, -0.2) is 4.79 Å². The van der Waals surface area contributed by atoms with Gasteiger partial charge in [-0.3, -0.25) is 0 Å². The first-order valence-corrected chi connectivity index (χ1v) is 7.84. The Balaban J connectivity index is 1.74. The van der Waals surface area contributed by atoms with Gasteiger partial charge in [-0.15, -0.1) is 0 Å². The topological polar surface area (TPSA) is 52.6 Å². The monoisotopic (exact) mass is 320 g/mol. The molecule has 4 heteroatoms. The molecule has 0 saturated carbocycles. The largest absolute Gasteiger partial charge is 0.491 e. The number of rotatable bonds is 4. The summed E-state index contributed by atoms with van der Waals surface area (Å²) in [6.45, 7) is 2.63. The number of fused-ring (bicyclic) bond motifs is 2. The van der Waals surface area contributed by atoms with Gasteiger partial charge in [0.05, 0.1) is 23.6 Å². The van der Waals surface area contributed by atoms with E-state index in [1.807, 2.05) is 24.3 Å². The summed E-state index contributed by atoms with van der Waals surface area (Å²) in [6, 6.07) is 16.9. The van der Waals surface area contributed by atoms with Crippen molar-refractivity contribution < 1.29 is 13.6 Å². The SMILES string of the molecule is C[C@H](COc1c2ccoc2cc2oc(=O)ccc12)c1ccccc1. The van der Waals surface area contributed by atoms with Gasteiger partial charge in [0, 0.05) is 18.1 Å². The minimum Gasteiger partial charge on any atom is -0.491 e. The lowest BCUT2D eigenvalue weighted by Gasteiger charge is -2.15. The van der Waals surface area contributed by atoms with Crippen LogP contribution < -0.4 is 10.4 Å². The summed E-state index contributed by atoms with van der Waals surface area (Å²) in [7, 11) is 0.